The van der Waals surface area contributed by atoms with E-state index in [1.165, 1.54) is 0 Å². The lowest BCUT2D eigenvalue weighted by Crippen LogP contribution is -2.25. The summed E-state index contributed by atoms with van der Waals surface area (Å²) in [7, 11) is 0. The topological polar surface area (TPSA) is 86.2 Å². The molecule has 1 rings (SSSR count). The molecule has 0 spiro atoms. The lowest BCUT2D eigenvalue weighted by atomic mass is 10.5. The number of aromatic nitrogens is 3. The van der Waals surface area contributed by atoms with Crippen LogP contribution in [0.1, 0.15) is 20.8 Å². The first-order valence-electron chi connectivity index (χ1n) is 6.34. The Labute approximate surface area is 108 Å². The fourth-order valence-electron chi connectivity index (χ4n) is 1.50. The zero-order valence-corrected chi connectivity index (χ0v) is 11.3. The predicted octanol–water partition coefficient (Wildman–Crippen LogP) is 0.554. The van der Waals surface area contributed by atoms with E-state index in [0.717, 1.165) is 19.6 Å². The molecule has 0 atom stereocenters. The molecular formula is C11H22N6O. The van der Waals surface area contributed by atoms with Crippen LogP contribution in [0.25, 0.3) is 0 Å². The van der Waals surface area contributed by atoms with Gasteiger partial charge in [-0.25, -0.2) is 0 Å². The summed E-state index contributed by atoms with van der Waals surface area (Å²) in [5, 5.41) is 14.8. The molecule has 18 heavy (non-hydrogen) atoms. The summed E-state index contributed by atoms with van der Waals surface area (Å²) >= 11 is 0. The number of hydrogen-bond donors (Lipinski definition) is 3. The third-order valence-electron chi connectivity index (χ3n) is 2.40. The van der Waals surface area contributed by atoms with Crippen LogP contribution >= 0.6 is 0 Å². The summed E-state index contributed by atoms with van der Waals surface area (Å²) in [6, 6.07) is 0. The van der Waals surface area contributed by atoms with Gasteiger partial charge < -0.3 is 20.6 Å². The summed E-state index contributed by atoms with van der Waals surface area (Å²) in [5.41, 5.74) is 0. The van der Waals surface area contributed by atoms with Crippen LogP contribution in [0.4, 0.5) is 17.8 Å². The van der Waals surface area contributed by atoms with E-state index in [-0.39, 0.29) is 6.61 Å². The largest absolute Gasteiger partial charge is 0.395 e. The molecule has 0 radical (unpaired) electrons. The smallest absolute Gasteiger partial charge is 0.231 e. The molecule has 0 saturated carbocycles. The molecule has 0 unspecified atom stereocenters. The number of rotatable bonds is 8. The maximum absolute atomic E-state index is 8.81. The van der Waals surface area contributed by atoms with Crippen molar-refractivity contribution in [3.8, 4) is 0 Å². The highest BCUT2D eigenvalue weighted by molar-refractivity contribution is 5.43. The molecule has 7 heteroatoms. The number of hydrogen-bond acceptors (Lipinski definition) is 7. The average Bonchev–Trinajstić information content (AvgIpc) is 2.38. The van der Waals surface area contributed by atoms with Gasteiger partial charge in [0.2, 0.25) is 17.8 Å². The zero-order valence-electron chi connectivity index (χ0n) is 11.3. The Bertz CT molecular complexity index is 355. The van der Waals surface area contributed by atoms with Crippen molar-refractivity contribution >= 4 is 17.8 Å². The van der Waals surface area contributed by atoms with Crippen molar-refractivity contribution in [3.63, 3.8) is 0 Å². The maximum atomic E-state index is 8.81. The summed E-state index contributed by atoms with van der Waals surface area (Å²) in [4.78, 5) is 15.0. The molecule has 0 aliphatic rings. The first-order valence-corrected chi connectivity index (χ1v) is 6.34. The van der Waals surface area contributed by atoms with E-state index >= 15 is 0 Å². The van der Waals surface area contributed by atoms with Crippen LogP contribution in [0.15, 0.2) is 0 Å². The van der Waals surface area contributed by atoms with Crippen molar-refractivity contribution in [1.82, 2.24) is 15.0 Å². The quantitative estimate of drug-likeness (QED) is 0.624. The van der Waals surface area contributed by atoms with Crippen molar-refractivity contribution in [3.05, 3.63) is 0 Å². The number of nitrogens with one attached hydrogen (secondary N) is 2. The van der Waals surface area contributed by atoms with Crippen molar-refractivity contribution in [2.24, 2.45) is 0 Å². The highest BCUT2D eigenvalue weighted by Crippen LogP contribution is 2.13. The molecule has 0 bridgehead atoms. The van der Waals surface area contributed by atoms with E-state index in [4.69, 9.17) is 5.11 Å². The Kier molecular flexibility index (Phi) is 6.13. The van der Waals surface area contributed by atoms with Gasteiger partial charge in [0.1, 0.15) is 0 Å². The van der Waals surface area contributed by atoms with Crippen LogP contribution < -0.4 is 15.5 Å². The monoisotopic (exact) mass is 254 g/mol. The Hall–Kier alpha value is -1.63. The Morgan fingerprint density at radius 3 is 2.11 bits per heavy atom. The summed E-state index contributed by atoms with van der Waals surface area (Å²) in [6.45, 7) is 9.00. The summed E-state index contributed by atoms with van der Waals surface area (Å²) < 4.78 is 0. The highest BCUT2D eigenvalue weighted by atomic mass is 16.3. The van der Waals surface area contributed by atoms with Crippen LogP contribution in [0.3, 0.4) is 0 Å². The predicted molar refractivity (Wildman–Crippen MR) is 73.1 cm³/mol. The number of anilines is 3. The highest BCUT2D eigenvalue weighted by Gasteiger charge is 2.10. The number of aliphatic hydroxyl groups is 1. The van der Waals surface area contributed by atoms with Gasteiger partial charge in [0, 0.05) is 26.2 Å². The molecule has 0 aliphatic carbocycles. The molecule has 1 aromatic heterocycles. The van der Waals surface area contributed by atoms with E-state index in [2.05, 4.69) is 39.4 Å². The first-order chi connectivity index (χ1) is 8.74. The minimum Gasteiger partial charge on any atom is -0.395 e. The maximum Gasteiger partial charge on any atom is 0.231 e. The zero-order chi connectivity index (χ0) is 13.4. The third kappa shape index (κ3) is 3.99. The van der Waals surface area contributed by atoms with Gasteiger partial charge in [0.15, 0.2) is 0 Å². The summed E-state index contributed by atoms with van der Waals surface area (Å²) in [5.74, 6) is 1.68. The minimum absolute atomic E-state index is 0.0445. The van der Waals surface area contributed by atoms with Gasteiger partial charge in [-0.1, -0.05) is 0 Å². The fraction of sp³-hybridized carbons (Fsp3) is 0.727. The first kappa shape index (κ1) is 14.4. The number of aliphatic hydroxyl groups excluding tert-OH is 1. The van der Waals surface area contributed by atoms with Gasteiger partial charge in [0.05, 0.1) is 6.61 Å². The molecule has 1 heterocycles. The van der Waals surface area contributed by atoms with Crippen molar-refractivity contribution in [1.29, 1.82) is 0 Å². The van der Waals surface area contributed by atoms with E-state index in [1.807, 2.05) is 11.8 Å². The molecule has 102 valence electrons. The molecule has 3 N–H and O–H groups in total. The molecule has 7 nitrogen and oxygen atoms in total. The molecule has 1 aromatic rings. The molecule has 0 fully saturated rings. The van der Waals surface area contributed by atoms with Crippen LogP contribution in [0, 0.1) is 0 Å². The Morgan fingerprint density at radius 2 is 1.61 bits per heavy atom. The van der Waals surface area contributed by atoms with Crippen molar-refractivity contribution < 1.29 is 5.11 Å². The lowest BCUT2D eigenvalue weighted by molar-refractivity contribution is 0.311. The SMILES string of the molecule is CCNc1nc(NCCO)nc(N(CC)CC)n1. The van der Waals surface area contributed by atoms with Crippen LogP contribution in [-0.4, -0.2) is 52.8 Å². The van der Waals surface area contributed by atoms with Gasteiger partial charge in [-0.2, -0.15) is 15.0 Å². The van der Waals surface area contributed by atoms with Gasteiger partial charge in [-0.15, -0.1) is 0 Å². The van der Waals surface area contributed by atoms with E-state index in [1.54, 1.807) is 0 Å². The van der Waals surface area contributed by atoms with Gasteiger partial charge in [0.25, 0.3) is 0 Å². The normalized spacial score (nSPS) is 10.2. The Morgan fingerprint density at radius 1 is 1.00 bits per heavy atom. The van der Waals surface area contributed by atoms with E-state index in [9.17, 15) is 0 Å². The number of nitrogens with zero attached hydrogens (tertiary/aromatic N) is 4. The molecule has 0 saturated heterocycles. The molecular weight excluding hydrogens is 232 g/mol. The van der Waals surface area contributed by atoms with Crippen molar-refractivity contribution in [2.45, 2.75) is 20.8 Å². The van der Waals surface area contributed by atoms with Gasteiger partial charge in [-0.3, -0.25) is 0 Å². The van der Waals surface area contributed by atoms with Gasteiger partial charge in [-0.05, 0) is 20.8 Å². The fourth-order valence-corrected chi connectivity index (χ4v) is 1.50. The van der Waals surface area contributed by atoms with E-state index in [0.29, 0.717) is 24.4 Å². The minimum atomic E-state index is 0.0445. The van der Waals surface area contributed by atoms with Crippen LogP contribution in [-0.2, 0) is 0 Å². The standard InChI is InChI=1S/C11H22N6O/c1-4-12-9-14-10(13-7-8-18)16-11(15-9)17(5-2)6-3/h18H,4-8H2,1-3H3,(H2,12,13,14,15,16). The lowest BCUT2D eigenvalue weighted by Gasteiger charge is -2.19. The average molecular weight is 254 g/mol. The molecule has 0 aromatic carbocycles. The Balaban J connectivity index is 2.96. The third-order valence-corrected chi connectivity index (χ3v) is 2.40. The second kappa shape index (κ2) is 7.65. The van der Waals surface area contributed by atoms with Crippen molar-refractivity contribution in [2.75, 3.05) is 48.3 Å². The van der Waals surface area contributed by atoms with Crippen LogP contribution in [0.5, 0.6) is 0 Å². The summed E-state index contributed by atoms with van der Waals surface area (Å²) in [6.07, 6.45) is 0. The second-order valence-corrected chi connectivity index (χ2v) is 3.64. The van der Waals surface area contributed by atoms with E-state index < -0.39 is 0 Å². The molecule has 0 amide bonds. The second-order valence-electron chi connectivity index (χ2n) is 3.64. The van der Waals surface area contributed by atoms with Gasteiger partial charge >= 0.3 is 0 Å². The van der Waals surface area contributed by atoms with Crippen LogP contribution in [0.2, 0.25) is 0 Å². The molecule has 0 aliphatic heterocycles.